The zero-order valence-electron chi connectivity index (χ0n) is 17.7. The Balaban J connectivity index is 1.53. The monoisotopic (exact) mass is 489 g/mol. The van der Waals surface area contributed by atoms with Gasteiger partial charge in [-0.1, -0.05) is 72.8 Å². The molecule has 0 aliphatic carbocycles. The number of rotatable bonds is 10. The van der Waals surface area contributed by atoms with Gasteiger partial charge in [0.2, 0.25) is 0 Å². The average molecular weight is 490 g/mol. The molecule has 2 aromatic rings. The standard InChI is InChI=1S/C24H24ClNO4S2/c1-2-14-29-22(27)8-5-13-26-23(28)21(32-24(26)31)15-17-9-11-19(12-10-17)30-16-18-6-3-4-7-20(18)25/h3-4,6-7,9-12,15H,2,5,8,13-14,16H2,1H3/b21-15-. The van der Waals surface area contributed by atoms with E-state index in [2.05, 4.69) is 0 Å². The number of amides is 1. The van der Waals surface area contributed by atoms with Crippen molar-refractivity contribution < 1.29 is 19.1 Å². The molecular formula is C24H24ClNO4S2. The highest BCUT2D eigenvalue weighted by Gasteiger charge is 2.31. The molecule has 0 radical (unpaired) electrons. The number of benzene rings is 2. The van der Waals surface area contributed by atoms with E-state index in [-0.39, 0.29) is 18.3 Å². The van der Waals surface area contributed by atoms with Crippen molar-refractivity contribution in [2.75, 3.05) is 13.2 Å². The van der Waals surface area contributed by atoms with Gasteiger partial charge in [-0.15, -0.1) is 0 Å². The van der Waals surface area contributed by atoms with Crippen LogP contribution in [0.4, 0.5) is 0 Å². The maximum Gasteiger partial charge on any atom is 0.305 e. The van der Waals surface area contributed by atoms with Gasteiger partial charge in [0.1, 0.15) is 16.7 Å². The van der Waals surface area contributed by atoms with Gasteiger partial charge in [-0.05, 0) is 42.7 Å². The smallest absolute Gasteiger partial charge is 0.305 e. The van der Waals surface area contributed by atoms with E-state index in [1.54, 1.807) is 4.90 Å². The van der Waals surface area contributed by atoms with Crippen LogP contribution in [0.5, 0.6) is 5.75 Å². The van der Waals surface area contributed by atoms with Crippen LogP contribution in [0.2, 0.25) is 5.02 Å². The number of carbonyl (C=O) groups excluding carboxylic acids is 2. The lowest BCUT2D eigenvalue weighted by atomic mass is 10.2. The highest BCUT2D eigenvalue weighted by Crippen LogP contribution is 2.33. The minimum atomic E-state index is -0.246. The second-order valence-electron chi connectivity index (χ2n) is 7.11. The Morgan fingerprint density at radius 3 is 2.66 bits per heavy atom. The molecule has 1 fully saturated rings. The summed E-state index contributed by atoms with van der Waals surface area (Å²) < 4.78 is 11.4. The van der Waals surface area contributed by atoms with Gasteiger partial charge in [-0.25, -0.2) is 0 Å². The molecule has 3 rings (SSSR count). The van der Waals surface area contributed by atoms with Crippen molar-refractivity contribution in [3.63, 3.8) is 0 Å². The van der Waals surface area contributed by atoms with Crippen LogP contribution in [0.25, 0.3) is 6.08 Å². The van der Waals surface area contributed by atoms with Gasteiger partial charge in [-0.2, -0.15) is 0 Å². The molecule has 1 aliphatic heterocycles. The van der Waals surface area contributed by atoms with Crippen molar-refractivity contribution in [1.82, 2.24) is 4.90 Å². The Morgan fingerprint density at radius 1 is 1.19 bits per heavy atom. The predicted molar refractivity (Wildman–Crippen MR) is 133 cm³/mol. The third-order valence-electron chi connectivity index (χ3n) is 4.63. The molecule has 0 bridgehead atoms. The molecule has 5 nitrogen and oxygen atoms in total. The maximum absolute atomic E-state index is 12.7. The fraction of sp³-hybridized carbons (Fsp3) is 0.292. The van der Waals surface area contributed by atoms with E-state index in [0.29, 0.717) is 46.2 Å². The number of hydrogen-bond donors (Lipinski definition) is 0. The van der Waals surface area contributed by atoms with Crippen LogP contribution in [0, 0.1) is 0 Å². The van der Waals surface area contributed by atoms with E-state index < -0.39 is 0 Å². The molecule has 0 aromatic heterocycles. The van der Waals surface area contributed by atoms with Gasteiger partial charge >= 0.3 is 5.97 Å². The second kappa shape index (κ2) is 12.0. The quantitative estimate of drug-likeness (QED) is 0.237. The minimum absolute atomic E-state index is 0.138. The topological polar surface area (TPSA) is 55.8 Å². The van der Waals surface area contributed by atoms with Crippen molar-refractivity contribution in [3.05, 3.63) is 69.6 Å². The van der Waals surface area contributed by atoms with E-state index in [0.717, 1.165) is 17.5 Å². The molecule has 0 saturated carbocycles. The largest absolute Gasteiger partial charge is 0.489 e. The van der Waals surface area contributed by atoms with Gasteiger partial charge in [0.25, 0.3) is 5.91 Å². The Morgan fingerprint density at radius 2 is 1.94 bits per heavy atom. The van der Waals surface area contributed by atoms with Gasteiger partial charge in [-0.3, -0.25) is 14.5 Å². The molecule has 2 aromatic carbocycles. The van der Waals surface area contributed by atoms with E-state index in [9.17, 15) is 9.59 Å². The van der Waals surface area contributed by atoms with E-state index in [4.69, 9.17) is 33.3 Å². The molecule has 0 N–H and O–H groups in total. The number of ether oxygens (including phenoxy) is 2. The molecular weight excluding hydrogens is 466 g/mol. The summed E-state index contributed by atoms with van der Waals surface area (Å²) in [6.45, 7) is 3.15. The van der Waals surface area contributed by atoms with Gasteiger partial charge in [0.15, 0.2) is 0 Å². The van der Waals surface area contributed by atoms with Crippen LogP contribution in [0.3, 0.4) is 0 Å². The Labute approximate surface area is 202 Å². The first-order valence-corrected chi connectivity index (χ1v) is 12.0. The van der Waals surface area contributed by atoms with Crippen molar-refractivity contribution in [2.24, 2.45) is 0 Å². The summed E-state index contributed by atoms with van der Waals surface area (Å²) in [5.41, 5.74) is 1.79. The van der Waals surface area contributed by atoms with Crippen LogP contribution >= 0.6 is 35.6 Å². The van der Waals surface area contributed by atoms with Crippen LogP contribution in [-0.4, -0.2) is 34.2 Å². The first kappa shape index (κ1) is 24.3. The fourth-order valence-corrected chi connectivity index (χ4v) is 4.45. The molecule has 1 amide bonds. The van der Waals surface area contributed by atoms with Crippen LogP contribution in [-0.2, 0) is 20.9 Å². The first-order chi connectivity index (χ1) is 15.5. The summed E-state index contributed by atoms with van der Waals surface area (Å²) in [5.74, 6) is 0.329. The fourth-order valence-electron chi connectivity index (χ4n) is 2.95. The van der Waals surface area contributed by atoms with Crippen molar-refractivity contribution in [1.29, 1.82) is 0 Å². The molecule has 168 valence electrons. The predicted octanol–water partition coefficient (Wildman–Crippen LogP) is 5.85. The lowest BCUT2D eigenvalue weighted by Gasteiger charge is -2.13. The molecule has 1 heterocycles. The van der Waals surface area contributed by atoms with Crippen LogP contribution < -0.4 is 4.74 Å². The summed E-state index contributed by atoms with van der Waals surface area (Å²) in [7, 11) is 0. The number of thiocarbonyl (C=S) groups is 1. The highest BCUT2D eigenvalue weighted by molar-refractivity contribution is 8.26. The lowest BCUT2D eigenvalue weighted by Crippen LogP contribution is -2.29. The molecule has 0 atom stereocenters. The minimum Gasteiger partial charge on any atom is -0.489 e. The number of carbonyl (C=O) groups is 2. The van der Waals surface area contributed by atoms with Crippen molar-refractivity contribution >= 4 is 57.9 Å². The summed E-state index contributed by atoms with van der Waals surface area (Å²) in [4.78, 5) is 26.5. The Hall–Kier alpha value is -2.35. The van der Waals surface area contributed by atoms with E-state index >= 15 is 0 Å². The summed E-state index contributed by atoms with van der Waals surface area (Å²) in [6.07, 6.45) is 3.39. The molecule has 1 saturated heterocycles. The Bertz CT molecular complexity index is 1010. The Kier molecular flexibility index (Phi) is 9.14. The summed E-state index contributed by atoms with van der Waals surface area (Å²) >= 11 is 12.8. The van der Waals surface area contributed by atoms with Crippen LogP contribution in [0.1, 0.15) is 37.3 Å². The van der Waals surface area contributed by atoms with Crippen LogP contribution in [0.15, 0.2) is 53.4 Å². The summed E-state index contributed by atoms with van der Waals surface area (Å²) in [5, 5.41) is 0.670. The third kappa shape index (κ3) is 6.82. The van der Waals surface area contributed by atoms with Gasteiger partial charge in [0, 0.05) is 23.6 Å². The zero-order valence-corrected chi connectivity index (χ0v) is 20.1. The zero-order chi connectivity index (χ0) is 22.9. The molecule has 0 unspecified atom stereocenters. The lowest BCUT2D eigenvalue weighted by molar-refractivity contribution is -0.144. The van der Waals surface area contributed by atoms with E-state index in [1.165, 1.54) is 11.8 Å². The number of nitrogens with zero attached hydrogens (tertiary/aromatic N) is 1. The molecule has 1 aliphatic rings. The number of hydrogen-bond acceptors (Lipinski definition) is 6. The maximum atomic E-state index is 12.7. The number of thioether (sulfide) groups is 1. The normalized spacial score (nSPS) is 14.8. The van der Waals surface area contributed by atoms with Crippen molar-refractivity contribution in [2.45, 2.75) is 32.8 Å². The number of halogens is 1. The average Bonchev–Trinajstić information content (AvgIpc) is 3.05. The van der Waals surface area contributed by atoms with Crippen molar-refractivity contribution in [3.8, 4) is 5.75 Å². The van der Waals surface area contributed by atoms with Gasteiger partial charge < -0.3 is 9.47 Å². The SMILES string of the molecule is CCCOC(=O)CCCN1C(=O)/C(=C/c2ccc(OCc3ccccc3Cl)cc2)SC1=S. The molecule has 32 heavy (non-hydrogen) atoms. The second-order valence-corrected chi connectivity index (χ2v) is 9.19. The summed E-state index contributed by atoms with van der Waals surface area (Å²) in [6, 6.07) is 15.0. The molecule has 0 spiro atoms. The third-order valence-corrected chi connectivity index (χ3v) is 6.38. The highest BCUT2D eigenvalue weighted by atomic mass is 35.5. The first-order valence-electron chi connectivity index (χ1n) is 10.3. The van der Waals surface area contributed by atoms with E-state index in [1.807, 2.05) is 61.5 Å². The van der Waals surface area contributed by atoms with Gasteiger partial charge in [0.05, 0.1) is 11.5 Å². The number of esters is 1. The molecule has 8 heteroatoms.